The van der Waals surface area contributed by atoms with Crippen LogP contribution >= 0.6 is 0 Å². The number of tetrazole rings is 1. The van der Waals surface area contributed by atoms with Crippen molar-refractivity contribution in [3.8, 4) is 22.5 Å². The van der Waals surface area contributed by atoms with Crippen LogP contribution in [0, 0.1) is 0 Å². The average molecular weight is 902 g/mol. The van der Waals surface area contributed by atoms with E-state index in [0.29, 0.717) is 18.8 Å². The average Bonchev–Trinajstić information content (AvgIpc) is 4.12. The van der Waals surface area contributed by atoms with Crippen molar-refractivity contribution in [2.45, 2.75) is 43.4 Å². The molecule has 2 aromatic heterocycles. The standard InChI is InChI=1S/C61H55N7O/c1-2-41-66(56(45-69)42-55-44-67(46-62-55)60(49-23-9-3-10-24-49,50-25-11-4-12-26-50)51-27-13-5-14-28-51)43-47-37-39-48(40-38-47)57-35-21-22-36-58(57)59-63-64-65-68(59)61(52-29-15-6-16-30-52,53-31-17-7-18-32-53)54-33-19-8-20-34-54/h3-40,44,46,56,69H,2,41-43,45H2,1H3/t56-/m0/s1. The fourth-order valence-corrected chi connectivity index (χ4v) is 10.3. The maximum absolute atomic E-state index is 11.1. The normalized spacial score (nSPS) is 12.3. The largest absolute Gasteiger partial charge is 0.395 e. The molecular formula is C61H55N7O. The number of imidazole rings is 1. The quantitative estimate of drug-likeness (QED) is 0.0864. The Bertz CT molecular complexity index is 2970. The van der Waals surface area contributed by atoms with E-state index in [1.54, 1.807) is 0 Å². The molecule has 0 aliphatic carbocycles. The Labute approximate surface area is 404 Å². The zero-order valence-corrected chi connectivity index (χ0v) is 38.8. The number of nitrogens with zero attached hydrogens (tertiary/aromatic N) is 7. The molecule has 0 spiro atoms. The lowest BCUT2D eigenvalue weighted by Gasteiger charge is -2.37. The van der Waals surface area contributed by atoms with Gasteiger partial charge in [-0.05, 0) is 73.5 Å². The molecule has 69 heavy (non-hydrogen) atoms. The molecule has 0 unspecified atom stereocenters. The van der Waals surface area contributed by atoms with Crippen LogP contribution in [0.3, 0.4) is 0 Å². The zero-order valence-electron chi connectivity index (χ0n) is 38.8. The van der Waals surface area contributed by atoms with E-state index in [0.717, 1.165) is 74.3 Å². The Balaban J connectivity index is 0.957. The van der Waals surface area contributed by atoms with Gasteiger partial charge in [0.15, 0.2) is 5.82 Å². The summed E-state index contributed by atoms with van der Waals surface area (Å²) in [6.07, 6.45) is 5.67. The highest BCUT2D eigenvalue weighted by molar-refractivity contribution is 5.81. The Morgan fingerprint density at radius 2 is 0.957 bits per heavy atom. The summed E-state index contributed by atoms with van der Waals surface area (Å²) < 4.78 is 4.24. The Kier molecular flexibility index (Phi) is 13.3. The van der Waals surface area contributed by atoms with Crippen LogP contribution in [0.2, 0.25) is 0 Å². The second-order valence-electron chi connectivity index (χ2n) is 17.6. The summed E-state index contributed by atoms with van der Waals surface area (Å²) in [4.78, 5) is 7.45. The minimum absolute atomic E-state index is 0.00463. The van der Waals surface area contributed by atoms with Crippen molar-refractivity contribution in [3.05, 3.63) is 288 Å². The number of aromatic nitrogens is 6. The summed E-state index contributed by atoms with van der Waals surface area (Å²) in [5, 5.41) is 25.1. The SMILES string of the molecule is CCCN(Cc1ccc(-c2ccccc2-c2nnnn2C(c2ccccc2)(c2ccccc2)c2ccccc2)cc1)[C@H](CO)Cc1cn(C(c2ccccc2)(c2ccccc2)c2ccccc2)cn1. The van der Waals surface area contributed by atoms with Gasteiger partial charge < -0.3 is 9.67 Å². The molecule has 0 radical (unpaired) electrons. The van der Waals surface area contributed by atoms with Crippen molar-refractivity contribution in [1.82, 2.24) is 34.7 Å². The third-order valence-electron chi connectivity index (χ3n) is 13.5. The first-order valence-corrected chi connectivity index (χ1v) is 23.8. The molecule has 10 aromatic rings. The van der Waals surface area contributed by atoms with Crippen LogP contribution in [0.1, 0.15) is 58.0 Å². The second kappa shape index (κ2) is 20.4. The first-order chi connectivity index (χ1) is 34.1. The van der Waals surface area contributed by atoms with E-state index < -0.39 is 11.1 Å². The van der Waals surface area contributed by atoms with Crippen LogP contribution in [0.25, 0.3) is 22.5 Å². The van der Waals surface area contributed by atoms with E-state index in [1.807, 2.05) is 35.3 Å². The molecule has 0 aliphatic rings. The minimum atomic E-state index is -0.876. The molecule has 340 valence electrons. The van der Waals surface area contributed by atoms with Crippen molar-refractivity contribution in [3.63, 3.8) is 0 Å². The molecule has 8 aromatic carbocycles. The molecule has 0 aliphatic heterocycles. The van der Waals surface area contributed by atoms with Gasteiger partial charge in [-0.2, -0.15) is 0 Å². The van der Waals surface area contributed by atoms with Gasteiger partial charge in [-0.1, -0.05) is 237 Å². The van der Waals surface area contributed by atoms with E-state index in [4.69, 9.17) is 15.3 Å². The van der Waals surface area contributed by atoms with E-state index in [1.165, 1.54) is 0 Å². The third-order valence-corrected chi connectivity index (χ3v) is 13.5. The van der Waals surface area contributed by atoms with E-state index in [9.17, 15) is 5.11 Å². The Morgan fingerprint density at radius 1 is 0.522 bits per heavy atom. The number of hydrogen-bond acceptors (Lipinski definition) is 6. The summed E-state index contributed by atoms with van der Waals surface area (Å²) in [6.45, 7) is 3.70. The smallest absolute Gasteiger partial charge is 0.184 e. The molecule has 8 heteroatoms. The Hall–Kier alpha value is -8.04. The lowest BCUT2D eigenvalue weighted by molar-refractivity contribution is 0.115. The lowest BCUT2D eigenvalue weighted by Crippen LogP contribution is -2.40. The van der Waals surface area contributed by atoms with Gasteiger partial charge in [0, 0.05) is 30.8 Å². The molecule has 1 N–H and O–H groups in total. The number of aliphatic hydroxyl groups is 1. The van der Waals surface area contributed by atoms with Gasteiger partial charge >= 0.3 is 0 Å². The lowest BCUT2D eigenvalue weighted by atomic mass is 9.77. The molecular weight excluding hydrogens is 847 g/mol. The van der Waals surface area contributed by atoms with Gasteiger partial charge in [-0.25, -0.2) is 9.67 Å². The highest BCUT2D eigenvalue weighted by Crippen LogP contribution is 2.44. The van der Waals surface area contributed by atoms with Gasteiger partial charge in [-0.3, -0.25) is 4.90 Å². The summed E-state index contributed by atoms with van der Waals surface area (Å²) in [5.41, 5.74) is 10.1. The van der Waals surface area contributed by atoms with Crippen LogP contribution < -0.4 is 0 Å². The maximum atomic E-state index is 11.1. The topological polar surface area (TPSA) is 84.9 Å². The van der Waals surface area contributed by atoms with Crippen molar-refractivity contribution in [2.24, 2.45) is 0 Å². The summed E-state index contributed by atoms with van der Waals surface area (Å²) >= 11 is 0. The van der Waals surface area contributed by atoms with Gasteiger partial charge in [0.1, 0.15) is 11.1 Å². The summed E-state index contributed by atoms with van der Waals surface area (Å²) in [6, 6.07) is 80.4. The molecule has 0 saturated carbocycles. The second-order valence-corrected chi connectivity index (χ2v) is 17.6. The van der Waals surface area contributed by atoms with Crippen LogP contribution in [0.15, 0.2) is 243 Å². The molecule has 10 rings (SSSR count). The number of hydrogen-bond donors (Lipinski definition) is 1. The monoisotopic (exact) mass is 901 g/mol. The predicted octanol–water partition coefficient (Wildman–Crippen LogP) is 11.7. The number of benzene rings is 8. The maximum Gasteiger partial charge on any atom is 0.184 e. The van der Waals surface area contributed by atoms with Gasteiger partial charge in [-0.15, -0.1) is 5.10 Å². The van der Waals surface area contributed by atoms with Crippen molar-refractivity contribution in [1.29, 1.82) is 0 Å². The van der Waals surface area contributed by atoms with E-state index in [2.05, 4.69) is 234 Å². The van der Waals surface area contributed by atoms with Gasteiger partial charge in [0.05, 0.1) is 18.6 Å². The Morgan fingerprint density at radius 3 is 1.41 bits per heavy atom. The summed E-state index contributed by atoms with van der Waals surface area (Å²) in [7, 11) is 0. The molecule has 1 atom stereocenters. The fourth-order valence-electron chi connectivity index (χ4n) is 10.3. The molecule has 8 nitrogen and oxygen atoms in total. The van der Waals surface area contributed by atoms with E-state index >= 15 is 0 Å². The van der Waals surface area contributed by atoms with Crippen LogP contribution in [-0.4, -0.2) is 59.0 Å². The molecule has 0 amide bonds. The third kappa shape index (κ3) is 8.61. The van der Waals surface area contributed by atoms with Gasteiger partial charge in [0.25, 0.3) is 0 Å². The first kappa shape index (κ1) is 44.8. The molecule has 0 saturated heterocycles. The fraction of sp³-hybridized carbons (Fsp3) is 0.148. The highest BCUT2D eigenvalue weighted by atomic mass is 16.3. The van der Waals surface area contributed by atoms with Gasteiger partial charge in [0.2, 0.25) is 0 Å². The first-order valence-electron chi connectivity index (χ1n) is 23.8. The molecule has 0 fully saturated rings. The van der Waals surface area contributed by atoms with Crippen LogP contribution in [0.4, 0.5) is 0 Å². The molecule has 2 heterocycles. The predicted molar refractivity (Wildman–Crippen MR) is 275 cm³/mol. The van der Waals surface area contributed by atoms with Crippen molar-refractivity contribution in [2.75, 3.05) is 13.2 Å². The van der Waals surface area contributed by atoms with Crippen molar-refractivity contribution < 1.29 is 5.11 Å². The van der Waals surface area contributed by atoms with Crippen molar-refractivity contribution >= 4 is 0 Å². The van der Waals surface area contributed by atoms with Crippen LogP contribution in [-0.2, 0) is 24.0 Å². The number of rotatable bonds is 18. The van der Waals surface area contributed by atoms with Crippen LogP contribution in [0.5, 0.6) is 0 Å². The minimum Gasteiger partial charge on any atom is -0.395 e. The molecule has 0 bridgehead atoms. The number of aliphatic hydroxyl groups excluding tert-OH is 1. The zero-order chi connectivity index (χ0) is 46.9. The summed E-state index contributed by atoms with van der Waals surface area (Å²) in [5.74, 6) is 0.655. The highest BCUT2D eigenvalue weighted by Gasteiger charge is 2.42. The van der Waals surface area contributed by atoms with E-state index in [-0.39, 0.29) is 12.6 Å².